The Morgan fingerprint density at radius 2 is 2.00 bits per heavy atom. The van der Waals surface area contributed by atoms with Crippen LogP contribution in [0.4, 0.5) is 9.18 Å². The Balaban J connectivity index is 1.34. The SMILES string of the molecule is Cc1ccc(CNC(=O)N2CCCC2c2noc(COc3ccc(F)cc3)n2)cc1. The van der Waals surface area contributed by atoms with Crippen molar-refractivity contribution in [3.05, 3.63) is 77.2 Å². The summed E-state index contributed by atoms with van der Waals surface area (Å²) < 4.78 is 23.8. The molecule has 1 fully saturated rings. The average molecular weight is 410 g/mol. The number of urea groups is 1. The van der Waals surface area contributed by atoms with Crippen molar-refractivity contribution in [2.45, 2.75) is 39.0 Å². The van der Waals surface area contributed by atoms with E-state index in [9.17, 15) is 9.18 Å². The molecule has 2 aromatic carbocycles. The first kappa shape index (κ1) is 19.9. The van der Waals surface area contributed by atoms with Crippen LogP contribution >= 0.6 is 0 Å². The second-order valence-corrected chi connectivity index (χ2v) is 7.28. The predicted molar refractivity (Wildman–Crippen MR) is 107 cm³/mol. The van der Waals surface area contributed by atoms with Gasteiger partial charge < -0.3 is 19.5 Å². The lowest BCUT2D eigenvalue weighted by Crippen LogP contribution is -2.39. The summed E-state index contributed by atoms with van der Waals surface area (Å²) in [6, 6.07) is 13.4. The molecular weight excluding hydrogens is 387 g/mol. The van der Waals surface area contributed by atoms with E-state index < -0.39 is 0 Å². The van der Waals surface area contributed by atoms with Crippen LogP contribution in [0.25, 0.3) is 0 Å². The first-order valence-electron chi connectivity index (χ1n) is 9.89. The highest BCUT2D eigenvalue weighted by Crippen LogP contribution is 2.30. The van der Waals surface area contributed by atoms with Gasteiger partial charge in [0.2, 0.25) is 0 Å². The van der Waals surface area contributed by atoms with Crippen LogP contribution in [0.2, 0.25) is 0 Å². The number of benzene rings is 2. The maximum Gasteiger partial charge on any atom is 0.318 e. The van der Waals surface area contributed by atoms with Gasteiger partial charge in [-0.25, -0.2) is 9.18 Å². The third-order valence-electron chi connectivity index (χ3n) is 5.04. The molecule has 1 atom stereocenters. The van der Waals surface area contributed by atoms with Crippen molar-refractivity contribution in [1.29, 1.82) is 0 Å². The van der Waals surface area contributed by atoms with Crippen LogP contribution in [0, 0.1) is 12.7 Å². The highest BCUT2D eigenvalue weighted by Gasteiger charge is 2.33. The molecule has 2 heterocycles. The normalized spacial score (nSPS) is 15.9. The van der Waals surface area contributed by atoms with Crippen molar-refractivity contribution in [1.82, 2.24) is 20.4 Å². The molecule has 7 nitrogen and oxygen atoms in total. The van der Waals surface area contributed by atoms with Gasteiger partial charge in [-0.2, -0.15) is 4.98 Å². The topological polar surface area (TPSA) is 80.5 Å². The van der Waals surface area contributed by atoms with Crippen LogP contribution in [0.15, 0.2) is 53.1 Å². The summed E-state index contributed by atoms with van der Waals surface area (Å²) in [7, 11) is 0. The lowest BCUT2D eigenvalue weighted by atomic mass is 10.1. The van der Waals surface area contributed by atoms with E-state index in [2.05, 4.69) is 15.5 Å². The molecule has 1 unspecified atom stereocenters. The zero-order chi connectivity index (χ0) is 20.9. The van der Waals surface area contributed by atoms with Crippen LogP contribution in [-0.4, -0.2) is 27.6 Å². The van der Waals surface area contributed by atoms with Gasteiger partial charge in [-0.3, -0.25) is 0 Å². The molecule has 1 saturated heterocycles. The highest BCUT2D eigenvalue weighted by molar-refractivity contribution is 5.75. The Morgan fingerprint density at radius 3 is 2.77 bits per heavy atom. The van der Waals surface area contributed by atoms with Crippen LogP contribution in [0.5, 0.6) is 5.75 Å². The highest BCUT2D eigenvalue weighted by atomic mass is 19.1. The largest absolute Gasteiger partial charge is 0.484 e. The first-order valence-corrected chi connectivity index (χ1v) is 9.89. The number of carbonyl (C=O) groups excluding carboxylic acids is 1. The molecule has 2 amide bonds. The molecule has 0 bridgehead atoms. The minimum absolute atomic E-state index is 0.0744. The predicted octanol–water partition coefficient (Wildman–Crippen LogP) is 4.14. The monoisotopic (exact) mass is 410 g/mol. The van der Waals surface area contributed by atoms with Crippen LogP contribution in [-0.2, 0) is 13.2 Å². The molecule has 0 saturated carbocycles. The molecule has 156 valence electrons. The fraction of sp³-hybridized carbons (Fsp3) is 0.318. The standard InChI is InChI=1S/C22H23FN4O3/c1-15-4-6-16(7-5-15)13-24-22(28)27-12-2-3-19(27)21-25-20(30-26-21)14-29-18-10-8-17(23)9-11-18/h4-11,19H,2-3,12-14H2,1H3,(H,24,28). The number of aromatic nitrogens is 2. The van der Waals surface area contributed by atoms with E-state index in [0.29, 0.717) is 30.6 Å². The maximum atomic E-state index is 13.0. The summed E-state index contributed by atoms with van der Waals surface area (Å²) >= 11 is 0. The van der Waals surface area contributed by atoms with Crippen molar-refractivity contribution >= 4 is 6.03 Å². The summed E-state index contributed by atoms with van der Waals surface area (Å²) in [4.78, 5) is 18.8. The van der Waals surface area contributed by atoms with Gasteiger partial charge in [0.15, 0.2) is 12.4 Å². The van der Waals surface area contributed by atoms with Gasteiger partial charge in [0.05, 0.1) is 6.04 Å². The minimum Gasteiger partial charge on any atom is -0.484 e. The van der Waals surface area contributed by atoms with Crippen molar-refractivity contribution in [2.24, 2.45) is 0 Å². The van der Waals surface area contributed by atoms with Crippen molar-refractivity contribution < 1.29 is 18.4 Å². The second kappa shape index (κ2) is 8.94. The van der Waals surface area contributed by atoms with Gasteiger partial charge in [0.25, 0.3) is 5.89 Å². The number of nitrogens with zero attached hydrogens (tertiary/aromatic N) is 3. The van der Waals surface area contributed by atoms with E-state index in [0.717, 1.165) is 18.4 Å². The molecule has 1 aromatic heterocycles. The van der Waals surface area contributed by atoms with Gasteiger partial charge in [-0.1, -0.05) is 35.0 Å². The number of halogens is 1. The Hall–Kier alpha value is -3.42. The molecule has 0 spiro atoms. The smallest absolute Gasteiger partial charge is 0.318 e. The van der Waals surface area contributed by atoms with E-state index in [1.807, 2.05) is 31.2 Å². The third kappa shape index (κ3) is 4.76. The molecular formula is C22H23FN4O3. The number of nitrogens with one attached hydrogen (secondary N) is 1. The number of rotatable bonds is 6. The summed E-state index contributed by atoms with van der Waals surface area (Å²) in [5.74, 6) is 0.954. The fourth-order valence-electron chi connectivity index (χ4n) is 3.40. The molecule has 0 aliphatic carbocycles. The van der Waals surface area contributed by atoms with Crippen LogP contribution in [0.3, 0.4) is 0 Å². The lowest BCUT2D eigenvalue weighted by molar-refractivity contribution is 0.189. The Morgan fingerprint density at radius 1 is 1.23 bits per heavy atom. The summed E-state index contributed by atoms with van der Waals surface area (Å²) in [6.07, 6.45) is 1.65. The summed E-state index contributed by atoms with van der Waals surface area (Å²) in [6.45, 7) is 3.21. The average Bonchev–Trinajstić information content (AvgIpc) is 3.42. The molecule has 0 radical (unpaired) electrons. The molecule has 1 aliphatic heterocycles. The molecule has 1 N–H and O–H groups in total. The van der Waals surface area contributed by atoms with Crippen LogP contribution in [0.1, 0.15) is 41.7 Å². The van der Waals surface area contributed by atoms with E-state index in [1.54, 1.807) is 4.90 Å². The summed E-state index contributed by atoms with van der Waals surface area (Å²) in [5.41, 5.74) is 2.23. The number of carbonyl (C=O) groups is 1. The first-order chi connectivity index (χ1) is 14.6. The number of amides is 2. The number of hydrogen-bond donors (Lipinski definition) is 1. The summed E-state index contributed by atoms with van der Waals surface area (Å²) in [5, 5.41) is 7.00. The van der Waals surface area contributed by atoms with Crippen molar-refractivity contribution in [3.63, 3.8) is 0 Å². The molecule has 3 aromatic rings. The number of likely N-dealkylation sites (tertiary alicyclic amines) is 1. The zero-order valence-electron chi connectivity index (χ0n) is 16.7. The van der Waals surface area contributed by atoms with E-state index in [1.165, 1.54) is 29.8 Å². The van der Waals surface area contributed by atoms with Crippen molar-refractivity contribution in [2.75, 3.05) is 6.54 Å². The fourth-order valence-corrected chi connectivity index (χ4v) is 3.40. The van der Waals surface area contributed by atoms with Gasteiger partial charge in [-0.05, 0) is 49.6 Å². The Bertz CT molecular complexity index is 988. The second-order valence-electron chi connectivity index (χ2n) is 7.28. The lowest BCUT2D eigenvalue weighted by Gasteiger charge is -2.22. The van der Waals surface area contributed by atoms with Crippen LogP contribution < -0.4 is 10.1 Å². The van der Waals surface area contributed by atoms with Crippen molar-refractivity contribution in [3.8, 4) is 5.75 Å². The molecule has 1 aliphatic rings. The van der Waals surface area contributed by atoms with E-state index in [-0.39, 0.29) is 24.5 Å². The van der Waals surface area contributed by atoms with Gasteiger partial charge >= 0.3 is 6.03 Å². The molecule has 30 heavy (non-hydrogen) atoms. The number of hydrogen-bond acceptors (Lipinski definition) is 5. The van der Waals surface area contributed by atoms with Gasteiger partial charge in [0, 0.05) is 13.1 Å². The Kier molecular flexibility index (Phi) is 5.92. The maximum absolute atomic E-state index is 13.0. The van der Waals surface area contributed by atoms with E-state index >= 15 is 0 Å². The molecule has 8 heteroatoms. The minimum atomic E-state index is -0.329. The van der Waals surface area contributed by atoms with E-state index in [4.69, 9.17) is 9.26 Å². The van der Waals surface area contributed by atoms with Gasteiger partial charge in [0.1, 0.15) is 11.6 Å². The molecule has 4 rings (SSSR count). The number of ether oxygens (including phenoxy) is 1. The third-order valence-corrected chi connectivity index (χ3v) is 5.04. The Labute approximate surface area is 173 Å². The zero-order valence-corrected chi connectivity index (χ0v) is 16.7. The van der Waals surface area contributed by atoms with Gasteiger partial charge in [-0.15, -0.1) is 0 Å². The number of aryl methyl sites for hydroxylation is 1. The quantitative estimate of drug-likeness (QED) is 0.661.